The molecule has 12 heteroatoms. The number of aryl methyl sites for hydroxylation is 2. The van der Waals surface area contributed by atoms with Crippen LogP contribution >= 0.6 is 23.5 Å². The fourth-order valence-corrected chi connectivity index (χ4v) is 27.9. The van der Waals surface area contributed by atoms with Gasteiger partial charge in [-0.2, -0.15) is 0 Å². The van der Waals surface area contributed by atoms with E-state index < -0.39 is 5.41 Å². The lowest BCUT2D eigenvalue weighted by atomic mass is 9.62. The van der Waals surface area contributed by atoms with Crippen molar-refractivity contribution in [2.45, 2.75) is 38.8 Å². The van der Waals surface area contributed by atoms with Crippen LogP contribution < -0.4 is 29.1 Å². The van der Waals surface area contributed by atoms with Crippen molar-refractivity contribution in [1.82, 2.24) is 17.6 Å². The average Bonchev–Trinajstić information content (AvgIpc) is 1.60. The van der Waals surface area contributed by atoms with Crippen LogP contribution in [0.25, 0.3) is 152 Å². The lowest BCUT2D eigenvalue weighted by Crippen LogP contribution is -2.39. The van der Waals surface area contributed by atoms with Crippen LogP contribution in [0.5, 0.6) is 23.0 Å². The van der Waals surface area contributed by atoms with E-state index in [1.54, 1.807) is 0 Å². The molecule has 5 aliphatic heterocycles. The summed E-state index contributed by atoms with van der Waals surface area (Å²) >= 11 is 3.74. The van der Waals surface area contributed by atoms with Crippen LogP contribution in [0.15, 0.2) is 493 Å². The molecule has 13 heterocycles. The van der Waals surface area contributed by atoms with E-state index in [4.69, 9.17) is 9.47 Å². The predicted octanol–water partition coefficient (Wildman–Crippen LogP) is 37.7. The molecule has 10 nitrogen and oxygen atoms in total. The first kappa shape index (κ1) is 82.1. The molecule has 0 amide bonds. The fraction of sp³-hybridized carbons (Fsp3) is 0.0222. The van der Waals surface area contributed by atoms with Crippen molar-refractivity contribution in [3.8, 4) is 23.0 Å². The van der Waals surface area contributed by atoms with Gasteiger partial charge in [-0.3, -0.25) is 0 Å². The maximum atomic E-state index is 6.41. The number of hydrogen-bond donors (Lipinski definition) is 0. The molecule has 0 N–H and O–H groups in total. The molecule has 0 atom stereocenters. The van der Waals surface area contributed by atoms with Gasteiger partial charge in [-0.05, 0) is 241 Å². The number of nitrogens with zero attached hydrogens (tertiary/aromatic N) is 8. The first-order valence-corrected chi connectivity index (χ1v) is 52.0. The fourth-order valence-electron chi connectivity index (χ4n) is 25.6. The molecule has 30 aromatic rings. The van der Waals surface area contributed by atoms with E-state index in [0.29, 0.717) is 0 Å². The summed E-state index contributed by atoms with van der Waals surface area (Å²) in [6.07, 6.45) is 0. The number of rotatable bonds is 4. The van der Waals surface area contributed by atoms with Crippen molar-refractivity contribution >= 4 is 244 Å². The third-order valence-electron chi connectivity index (χ3n) is 31.5. The summed E-state index contributed by atoms with van der Waals surface area (Å²) in [5.41, 5.74) is 36.3. The molecule has 147 heavy (non-hydrogen) atoms. The van der Waals surface area contributed by atoms with Crippen molar-refractivity contribution in [1.29, 1.82) is 0 Å². The van der Waals surface area contributed by atoms with Crippen LogP contribution in [0.3, 0.4) is 0 Å². The number of benzene rings is 22. The summed E-state index contributed by atoms with van der Waals surface area (Å²) in [6.45, 7) is 4.22. The molecule has 0 fully saturated rings. The van der Waals surface area contributed by atoms with Gasteiger partial charge in [0.2, 0.25) is 0 Å². The number of aromatic nitrogens is 4. The van der Waals surface area contributed by atoms with E-state index in [9.17, 15) is 0 Å². The quantitative estimate of drug-likeness (QED) is 0.173. The van der Waals surface area contributed by atoms with Gasteiger partial charge in [0.25, 0.3) is 0 Å². The summed E-state index contributed by atoms with van der Waals surface area (Å²) in [4.78, 5) is 14.9. The Kier molecular flexibility index (Phi) is 17.5. The minimum absolute atomic E-state index is 0.439. The van der Waals surface area contributed by atoms with Gasteiger partial charge in [-0.1, -0.05) is 303 Å². The normalized spacial score (nSPS) is 13.6. The largest absolute Gasteiger partial charge is 0.453 e. The van der Waals surface area contributed by atoms with E-state index in [2.05, 4.69) is 500 Å². The minimum atomic E-state index is -0.439. The van der Waals surface area contributed by atoms with Crippen LogP contribution in [0.4, 0.5) is 68.2 Å². The van der Waals surface area contributed by atoms with Gasteiger partial charge in [0.1, 0.15) is 0 Å². The van der Waals surface area contributed by atoms with Gasteiger partial charge in [0, 0.05) is 129 Å². The standard InChI is InChI=1S/C43H26N2S.C32H22N2O.C30H18N2O.C30H18N2S/c1-7-19-36-28(13-1)30-25-27(26-31-29-14-2-8-20-37(29)45(36)42(30)31)44-38-21-9-3-15-32(38)43(33-16-4-10-22-39(33)44)34-17-5-11-23-40(34)46-41-24-12-6-18-35(41)43;1-19-11-13-28-30(15-19)35-31-16-20(2)12-14-29(31)33(28)21-17-24-22-7-3-5-9-26(22)34-27-10-6-4-8-23(27)25(18-21)32(24)34;2*1-3-11-24-20(9-1)22-17-19(18-23-21-10-2-4-12-25(21)32(24)30(22)23)31-26-13-5-7-15-28(26)33-29-16-8-6-14-27(29)31/h1-26H;3-18H,1-2H3;2*1-18H. The number of anilines is 12. The molecule has 0 radical (unpaired) electrons. The second kappa shape index (κ2) is 31.3. The minimum Gasteiger partial charge on any atom is -0.453 e. The molecule has 0 saturated carbocycles. The van der Waals surface area contributed by atoms with Crippen LogP contribution in [0, 0.1) is 13.8 Å². The highest BCUT2D eigenvalue weighted by Crippen LogP contribution is 2.65. The Balaban J connectivity index is 0.0000000880. The first-order chi connectivity index (χ1) is 72.8. The molecule has 5 aliphatic rings. The second-order valence-electron chi connectivity index (χ2n) is 39.4. The van der Waals surface area contributed by atoms with E-state index in [-0.39, 0.29) is 0 Å². The van der Waals surface area contributed by atoms with Gasteiger partial charge in [-0.25, -0.2) is 0 Å². The molecule has 0 unspecified atom stereocenters. The predicted molar refractivity (Wildman–Crippen MR) is 613 cm³/mol. The monoisotopic (exact) mass is 1910 g/mol. The Morgan fingerprint density at radius 3 is 0.687 bits per heavy atom. The molecular formula is C135H84N8O2S2. The molecule has 22 aromatic carbocycles. The van der Waals surface area contributed by atoms with E-state index >= 15 is 0 Å². The van der Waals surface area contributed by atoms with Gasteiger partial charge < -0.3 is 46.7 Å². The highest BCUT2D eigenvalue weighted by atomic mass is 32.2. The zero-order valence-electron chi connectivity index (χ0n) is 79.7. The van der Waals surface area contributed by atoms with Crippen molar-refractivity contribution < 1.29 is 9.47 Å². The Morgan fingerprint density at radius 2 is 0.381 bits per heavy atom. The number of para-hydroxylation sites is 16. The number of hydrogen-bond acceptors (Lipinski definition) is 8. The second-order valence-corrected chi connectivity index (χ2v) is 41.5. The van der Waals surface area contributed by atoms with E-state index in [0.717, 1.165) is 57.1 Å². The van der Waals surface area contributed by atoms with Crippen LogP contribution in [-0.4, -0.2) is 17.6 Å². The lowest BCUT2D eigenvalue weighted by molar-refractivity contribution is 0.476. The van der Waals surface area contributed by atoms with E-state index in [1.165, 1.54) is 239 Å². The Labute approximate surface area is 852 Å². The summed E-state index contributed by atoms with van der Waals surface area (Å²) in [5, 5.41) is 20.6. The van der Waals surface area contributed by atoms with Crippen LogP contribution in [0.2, 0.25) is 0 Å². The van der Waals surface area contributed by atoms with Crippen molar-refractivity contribution in [3.63, 3.8) is 0 Å². The number of ether oxygens (including phenoxy) is 2. The van der Waals surface area contributed by atoms with Gasteiger partial charge in [0.05, 0.1) is 117 Å². The third-order valence-corrected chi connectivity index (χ3v) is 33.8. The highest BCUT2D eigenvalue weighted by molar-refractivity contribution is 8.00. The zero-order chi connectivity index (χ0) is 96.3. The van der Waals surface area contributed by atoms with Gasteiger partial charge >= 0.3 is 0 Å². The molecule has 1 spiro atoms. The smallest absolute Gasteiger partial charge is 0.151 e. The Hall–Kier alpha value is -18.5. The van der Waals surface area contributed by atoms with E-state index in [1.807, 2.05) is 47.8 Å². The van der Waals surface area contributed by atoms with Crippen molar-refractivity contribution in [2.24, 2.45) is 0 Å². The molecule has 0 bridgehead atoms. The zero-order valence-corrected chi connectivity index (χ0v) is 81.4. The van der Waals surface area contributed by atoms with Crippen molar-refractivity contribution in [3.05, 3.63) is 507 Å². The summed E-state index contributed by atoms with van der Waals surface area (Å²) in [7, 11) is 0. The van der Waals surface area contributed by atoms with Gasteiger partial charge in [0.15, 0.2) is 23.0 Å². The summed E-state index contributed by atoms with van der Waals surface area (Å²) in [5.74, 6) is 3.52. The van der Waals surface area contributed by atoms with Crippen LogP contribution in [-0.2, 0) is 5.41 Å². The van der Waals surface area contributed by atoms with Crippen LogP contribution in [0.1, 0.15) is 33.4 Å². The molecular weight excluding hydrogens is 1830 g/mol. The Bertz CT molecular complexity index is 9960. The first-order valence-electron chi connectivity index (χ1n) is 50.3. The maximum absolute atomic E-state index is 6.41. The molecule has 0 aliphatic carbocycles. The summed E-state index contributed by atoms with van der Waals surface area (Å²) in [6, 6.07) is 172. The maximum Gasteiger partial charge on any atom is 0.151 e. The highest BCUT2D eigenvalue weighted by Gasteiger charge is 2.51. The Morgan fingerprint density at radius 1 is 0.170 bits per heavy atom. The molecule has 688 valence electrons. The average molecular weight is 1910 g/mol. The third kappa shape index (κ3) is 11.6. The van der Waals surface area contributed by atoms with Gasteiger partial charge in [-0.15, -0.1) is 0 Å². The lowest BCUT2D eigenvalue weighted by Gasteiger charge is -2.49. The molecule has 8 aromatic heterocycles. The summed E-state index contributed by atoms with van der Waals surface area (Å²) < 4.78 is 22.4. The SMILES string of the molecule is Cc1ccc2c(c1)Oc1cc(C)ccc1N2c1cc2c3ccccc3n3c4ccccc4c(c1)c23.c1ccc2c(c1)Oc1ccccc1N2c1cc2c3ccccc3n3c4ccccc4c(c1)c23.c1ccc2c(c1)Sc1ccccc1C21c2ccccc2N(c2cc3c4ccccc4n4c5ccccc5c(c2)c34)c2ccccc21.c1ccc2c(c1)Sc1ccccc1N2c1cc2c3ccccc3n3c4ccccc4c(c1)c23. The molecule has 35 rings (SSSR count). The topological polar surface area (TPSA) is 49.1 Å². The van der Waals surface area contributed by atoms with Crippen molar-refractivity contribution in [2.75, 3.05) is 19.6 Å². The molecule has 0 saturated heterocycles. The number of fused-ring (bicyclic) bond motifs is 38.